The largest absolute Gasteiger partial charge is 0.497 e. The van der Waals surface area contributed by atoms with Crippen molar-refractivity contribution in [3.8, 4) is 5.75 Å². The van der Waals surface area contributed by atoms with Crippen molar-refractivity contribution in [1.82, 2.24) is 19.8 Å². The minimum absolute atomic E-state index is 0.0481. The van der Waals surface area contributed by atoms with E-state index in [1.165, 1.54) is 28.7 Å². The third-order valence-corrected chi connectivity index (χ3v) is 8.21. The molecule has 2 aromatic heterocycles. The number of rotatable bonds is 8. The van der Waals surface area contributed by atoms with E-state index in [4.69, 9.17) is 4.74 Å². The van der Waals surface area contributed by atoms with Crippen molar-refractivity contribution in [3.63, 3.8) is 0 Å². The first-order chi connectivity index (χ1) is 18.1. The van der Waals surface area contributed by atoms with Gasteiger partial charge in [-0.3, -0.25) is 14.5 Å². The number of aromatic nitrogens is 2. The number of methoxy groups -OCH3 is 1. The molecule has 2 N–H and O–H groups in total. The summed E-state index contributed by atoms with van der Waals surface area (Å²) in [5.74, 6) is 0.907. The number of nitrogens with zero attached hydrogens (tertiary/aromatic N) is 2. The highest BCUT2D eigenvalue weighted by Gasteiger charge is 2.40. The van der Waals surface area contributed by atoms with E-state index < -0.39 is 0 Å². The van der Waals surface area contributed by atoms with Crippen molar-refractivity contribution in [2.75, 3.05) is 33.3 Å². The van der Waals surface area contributed by atoms with Gasteiger partial charge in [-0.25, -0.2) is 0 Å². The van der Waals surface area contributed by atoms with Crippen molar-refractivity contribution >= 4 is 33.6 Å². The van der Waals surface area contributed by atoms with Gasteiger partial charge in [-0.1, -0.05) is 18.2 Å². The molecule has 2 fully saturated rings. The summed E-state index contributed by atoms with van der Waals surface area (Å²) in [5, 5.41) is 2.28. The summed E-state index contributed by atoms with van der Waals surface area (Å²) in [6.07, 6.45) is 8.49. The number of carbonyl (C=O) groups is 2. The number of unbranched alkanes of at least 4 members (excludes halogenated alkanes) is 1. The lowest BCUT2D eigenvalue weighted by atomic mass is 9.90. The Hall–Kier alpha value is -3.58. The maximum absolute atomic E-state index is 13.1. The fourth-order valence-corrected chi connectivity index (χ4v) is 6.25. The second-order valence-corrected chi connectivity index (χ2v) is 10.4. The van der Waals surface area contributed by atoms with E-state index in [0.717, 1.165) is 60.2 Å². The molecule has 192 valence electrons. The molecule has 7 heteroatoms. The van der Waals surface area contributed by atoms with Gasteiger partial charge in [-0.05, 0) is 80.1 Å². The maximum Gasteiger partial charge on any atom is 0.237 e. The van der Waals surface area contributed by atoms with Crippen LogP contribution in [0.2, 0.25) is 0 Å². The Morgan fingerprint density at radius 1 is 0.946 bits per heavy atom. The number of carbonyl (C=O) groups excluding carboxylic acids is 2. The molecule has 0 spiro atoms. The molecule has 2 aliphatic rings. The number of piperidine rings is 1. The number of aromatic amines is 2. The Morgan fingerprint density at radius 3 is 2.59 bits per heavy atom. The van der Waals surface area contributed by atoms with E-state index in [0.29, 0.717) is 12.5 Å². The van der Waals surface area contributed by atoms with Crippen LogP contribution in [0.5, 0.6) is 5.75 Å². The van der Waals surface area contributed by atoms with Crippen LogP contribution in [-0.4, -0.2) is 64.9 Å². The van der Waals surface area contributed by atoms with E-state index in [-0.39, 0.29) is 24.2 Å². The van der Waals surface area contributed by atoms with Crippen LogP contribution in [0.4, 0.5) is 0 Å². The van der Waals surface area contributed by atoms with Crippen LogP contribution < -0.4 is 4.74 Å². The number of amides is 2. The second kappa shape index (κ2) is 10.1. The highest BCUT2D eigenvalue weighted by Crippen LogP contribution is 2.35. The van der Waals surface area contributed by atoms with Gasteiger partial charge < -0.3 is 19.6 Å². The van der Waals surface area contributed by atoms with Gasteiger partial charge >= 0.3 is 0 Å². The van der Waals surface area contributed by atoms with Gasteiger partial charge in [-0.2, -0.15) is 0 Å². The Kier molecular flexibility index (Phi) is 6.47. The molecule has 0 bridgehead atoms. The smallest absolute Gasteiger partial charge is 0.237 e. The molecule has 0 aliphatic carbocycles. The first kappa shape index (κ1) is 23.8. The van der Waals surface area contributed by atoms with Crippen molar-refractivity contribution < 1.29 is 14.3 Å². The number of hydrogen-bond acceptors (Lipinski definition) is 4. The molecule has 37 heavy (non-hydrogen) atoms. The summed E-state index contributed by atoms with van der Waals surface area (Å²) in [5.41, 5.74) is 4.46. The summed E-state index contributed by atoms with van der Waals surface area (Å²) < 4.78 is 5.45. The molecule has 4 aromatic rings. The Morgan fingerprint density at radius 2 is 1.73 bits per heavy atom. The van der Waals surface area contributed by atoms with Crippen LogP contribution in [0.3, 0.4) is 0 Å². The Balaban J connectivity index is 1.03. The van der Waals surface area contributed by atoms with Gasteiger partial charge in [0.1, 0.15) is 5.75 Å². The molecular formula is C30H34N4O3. The summed E-state index contributed by atoms with van der Waals surface area (Å²) in [6, 6.07) is 14.2. The molecule has 2 aromatic carbocycles. The summed E-state index contributed by atoms with van der Waals surface area (Å²) >= 11 is 0. The number of imide groups is 1. The predicted molar refractivity (Wildman–Crippen MR) is 145 cm³/mol. The van der Waals surface area contributed by atoms with Crippen LogP contribution >= 0.6 is 0 Å². The van der Waals surface area contributed by atoms with Crippen LogP contribution in [0.25, 0.3) is 21.8 Å². The summed E-state index contributed by atoms with van der Waals surface area (Å²) in [6.45, 7) is 3.64. The van der Waals surface area contributed by atoms with Crippen molar-refractivity contribution in [2.45, 2.75) is 43.9 Å². The van der Waals surface area contributed by atoms with E-state index in [2.05, 4.69) is 33.2 Å². The molecule has 2 saturated heterocycles. The molecule has 6 rings (SSSR count). The van der Waals surface area contributed by atoms with Crippen LogP contribution in [0.1, 0.15) is 55.1 Å². The lowest BCUT2D eigenvalue weighted by Crippen LogP contribution is -2.36. The summed E-state index contributed by atoms with van der Waals surface area (Å²) in [7, 11) is 1.71. The molecular weight excluding hydrogens is 464 g/mol. The predicted octanol–water partition coefficient (Wildman–Crippen LogP) is 5.16. The van der Waals surface area contributed by atoms with Gasteiger partial charge in [0.25, 0.3) is 0 Å². The monoisotopic (exact) mass is 498 g/mol. The van der Waals surface area contributed by atoms with Crippen molar-refractivity contribution in [2.24, 2.45) is 0 Å². The number of para-hydroxylation sites is 1. The van der Waals surface area contributed by atoms with E-state index in [9.17, 15) is 9.59 Å². The highest BCUT2D eigenvalue weighted by molar-refractivity contribution is 6.07. The zero-order valence-corrected chi connectivity index (χ0v) is 21.3. The zero-order chi connectivity index (χ0) is 25.4. The molecule has 4 heterocycles. The van der Waals surface area contributed by atoms with Gasteiger partial charge in [-0.15, -0.1) is 0 Å². The Labute approximate surface area is 216 Å². The first-order valence-electron chi connectivity index (χ1n) is 13.4. The standard InChI is InChI=1S/C30H34N4O3/c1-37-21-10-11-28-23(15-21)25(17-31-28)20-7-6-13-33(19-20)12-4-5-14-34-29(35)16-24(30(34)36)26-18-32-27-9-3-2-8-22(26)27/h2-3,8-11,15,17-18,20,24,31-32H,4-7,12-14,16,19H2,1H3. The second-order valence-electron chi connectivity index (χ2n) is 10.4. The van der Waals surface area contributed by atoms with Gasteiger partial charge in [0.2, 0.25) is 11.8 Å². The molecule has 7 nitrogen and oxygen atoms in total. The normalized spacial score (nSPS) is 20.9. The van der Waals surface area contributed by atoms with E-state index in [1.54, 1.807) is 7.11 Å². The Bertz CT molecular complexity index is 1440. The summed E-state index contributed by atoms with van der Waals surface area (Å²) in [4.78, 5) is 36.6. The van der Waals surface area contributed by atoms with Crippen molar-refractivity contribution in [3.05, 3.63) is 66.0 Å². The molecule has 2 unspecified atom stereocenters. The average molecular weight is 499 g/mol. The molecule has 2 amide bonds. The molecule has 2 atom stereocenters. The third kappa shape index (κ3) is 4.53. The third-order valence-electron chi connectivity index (χ3n) is 8.21. The first-order valence-corrected chi connectivity index (χ1v) is 13.4. The lowest BCUT2D eigenvalue weighted by Gasteiger charge is -2.33. The van der Waals surface area contributed by atoms with Gasteiger partial charge in [0, 0.05) is 53.7 Å². The number of fused-ring (bicyclic) bond motifs is 2. The maximum atomic E-state index is 13.1. The number of benzene rings is 2. The topological polar surface area (TPSA) is 81.4 Å². The number of ether oxygens (including phenoxy) is 1. The number of H-pyrrole nitrogens is 2. The zero-order valence-electron chi connectivity index (χ0n) is 21.3. The minimum Gasteiger partial charge on any atom is -0.497 e. The minimum atomic E-state index is -0.374. The quantitative estimate of drug-likeness (QED) is 0.260. The highest BCUT2D eigenvalue weighted by atomic mass is 16.5. The average Bonchev–Trinajstić information content (AvgIpc) is 3.62. The fourth-order valence-electron chi connectivity index (χ4n) is 6.25. The number of nitrogens with one attached hydrogen (secondary N) is 2. The fraction of sp³-hybridized carbons (Fsp3) is 0.400. The molecule has 0 radical (unpaired) electrons. The lowest BCUT2D eigenvalue weighted by molar-refractivity contribution is -0.138. The van der Waals surface area contributed by atoms with Crippen LogP contribution in [-0.2, 0) is 9.59 Å². The van der Waals surface area contributed by atoms with E-state index >= 15 is 0 Å². The number of likely N-dealkylation sites (tertiary alicyclic amines) is 2. The van der Waals surface area contributed by atoms with Gasteiger partial charge in [0.15, 0.2) is 0 Å². The van der Waals surface area contributed by atoms with Crippen molar-refractivity contribution in [1.29, 1.82) is 0 Å². The van der Waals surface area contributed by atoms with Crippen LogP contribution in [0.15, 0.2) is 54.9 Å². The molecule has 2 aliphatic heterocycles. The van der Waals surface area contributed by atoms with E-state index in [1.807, 2.05) is 36.5 Å². The van der Waals surface area contributed by atoms with Gasteiger partial charge in [0.05, 0.1) is 13.0 Å². The SMILES string of the molecule is COc1ccc2[nH]cc(C3CCCN(CCCCN4C(=O)CC(c5c[nH]c6ccccc56)C4=O)C3)c2c1. The number of hydrogen-bond donors (Lipinski definition) is 2. The molecule has 0 saturated carbocycles. The van der Waals surface area contributed by atoms with Crippen LogP contribution in [0, 0.1) is 0 Å².